The first-order valence-electron chi connectivity index (χ1n) is 10.7. The number of hydrogen-bond acceptors (Lipinski definition) is 7. The van der Waals surface area contributed by atoms with Gasteiger partial charge in [-0.2, -0.15) is 0 Å². The van der Waals surface area contributed by atoms with Crippen molar-refractivity contribution in [1.29, 1.82) is 0 Å². The number of aromatic nitrogens is 2. The van der Waals surface area contributed by atoms with Crippen molar-refractivity contribution in [1.82, 2.24) is 9.97 Å². The number of thioether (sulfide) groups is 1. The minimum atomic E-state index is 0.626. The highest BCUT2D eigenvalue weighted by Gasteiger charge is 2.21. The molecule has 0 bridgehead atoms. The van der Waals surface area contributed by atoms with Crippen LogP contribution in [0.2, 0.25) is 0 Å². The second-order valence-corrected chi connectivity index (χ2v) is 9.13. The van der Waals surface area contributed by atoms with Crippen molar-refractivity contribution < 1.29 is 9.47 Å². The Kier molecular flexibility index (Phi) is 7.00. The molecule has 30 heavy (non-hydrogen) atoms. The van der Waals surface area contributed by atoms with Gasteiger partial charge in [-0.1, -0.05) is 17.8 Å². The highest BCUT2D eigenvalue weighted by atomic mass is 32.2. The molecule has 1 aliphatic carbocycles. The number of fused-ring (bicyclic) bond motifs is 3. The van der Waals surface area contributed by atoms with Gasteiger partial charge in [0.05, 0.1) is 18.6 Å². The van der Waals surface area contributed by atoms with Crippen LogP contribution in [0.1, 0.15) is 42.7 Å². The Labute approximate surface area is 186 Å². The number of nitrogens with zero attached hydrogens (tertiary/aromatic N) is 2. The van der Waals surface area contributed by atoms with Crippen molar-refractivity contribution in [2.24, 2.45) is 0 Å². The maximum Gasteiger partial charge on any atom is 0.190 e. The smallest absolute Gasteiger partial charge is 0.190 e. The van der Waals surface area contributed by atoms with Crippen molar-refractivity contribution in [3.63, 3.8) is 0 Å². The number of anilines is 1. The van der Waals surface area contributed by atoms with Gasteiger partial charge in [-0.3, -0.25) is 0 Å². The minimum Gasteiger partial charge on any atom is -0.490 e. The van der Waals surface area contributed by atoms with Crippen molar-refractivity contribution in [3.8, 4) is 11.5 Å². The molecule has 0 radical (unpaired) electrons. The summed E-state index contributed by atoms with van der Waals surface area (Å²) in [5.41, 5.74) is 2.69. The third-order valence-corrected chi connectivity index (χ3v) is 7.02. The monoisotopic (exact) mass is 443 g/mol. The molecule has 0 spiro atoms. The summed E-state index contributed by atoms with van der Waals surface area (Å²) in [6, 6.07) is 6.21. The Morgan fingerprint density at radius 1 is 1.07 bits per heavy atom. The molecule has 1 N–H and O–H groups in total. The highest BCUT2D eigenvalue weighted by molar-refractivity contribution is 7.98. The number of aryl methyl sites for hydroxylation is 2. The lowest BCUT2D eigenvalue weighted by Crippen LogP contribution is -2.09. The lowest BCUT2D eigenvalue weighted by Gasteiger charge is -2.14. The number of thiophene rings is 1. The fourth-order valence-electron chi connectivity index (χ4n) is 3.93. The van der Waals surface area contributed by atoms with Gasteiger partial charge in [0.2, 0.25) is 0 Å². The largest absolute Gasteiger partial charge is 0.490 e. The minimum absolute atomic E-state index is 0.626. The van der Waals surface area contributed by atoms with E-state index in [-0.39, 0.29) is 0 Å². The number of hydrogen-bond donors (Lipinski definition) is 1. The maximum absolute atomic E-state index is 5.77. The van der Waals surface area contributed by atoms with Crippen LogP contribution in [0, 0.1) is 0 Å². The van der Waals surface area contributed by atoms with E-state index in [1.54, 1.807) is 11.8 Å². The molecule has 3 aromatic rings. The molecular weight excluding hydrogens is 414 g/mol. The molecule has 2 heterocycles. The molecule has 0 saturated carbocycles. The van der Waals surface area contributed by atoms with Crippen molar-refractivity contribution in [2.75, 3.05) is 31.3 Å². The number of rotatable bonds is 9. The van der Waals surface area contributed by atoms with Crippen LogP contribution in [0.15, 0.2) is 23.4 Å². The van der Waals surface area contributed by atoms with Gasteiger partial charge in [-0.05, 0) is 75.5 Å². The fraction of sp³-hybridized carbons (Fsp3) is 0.478. The van der Waals surface area contributed by atoms with Gasteiger partial charge in [-0.25, -0.2) is 9.97 Å². The van der Waals surface area contributed by atoms with Gasteiger partial charge >= 0.3 is 0 Å². The molecule has 5 nitrogen and oxygen atoms in total. The molecule has 2 aromatic heterocycles. The Morgan fingerprint density at radius 3 is 2.67 bits per heavy atom. The zero-order valence-corrected chi connectivity index (χ0v) is 19.5. The average molecular weight is 444 g/mol. The standard InChI is InChI=1S/C23H29N3O2S2/c1-4-27-17-11-10-15(14-18(17)28-5-2)12-13-24-21-20-16-8-6-7-9-19(16)30-22(20)26-23(25-21)29-3/h10-11,14H,4-9,12-13H2,1-3H3,(H,24,25,26). The van der Waals surface area contributed by atoms with E-state index >= 15 is 0 Å². The van der Waals surface area contributed by atoms with Crippen LogP contribution >= 0.6 is 23.1 Å². The number of ether oxygens (including phenoxy) is 2. The van der Waals surface area contributed by atoms with E-state index in [0.717, 1.165) is 46.7 Å². The van der Waals surface area contributed by atoms with Crippen LogP contribution in [0.5, 0.6) is 11.5 Å². The van der Waals surface area contributed by atoms with Crippen LogP contribution in [-0.2, 0) is 19.3 Å². The third-order valence-electron chi connectivity index (χ3n) is 5.29. The molecular formula is C23H29N3O2S2. The van der Waals surface area contributed by atoms with Gasteiger partial charge < -0.3 is 14.8 Å². The Bertz CT molecular complexity index is 1020. The summed E-state index contributed by atoms with van der Waals surface area (Å²) in [6.07, 6.45) is 7.78. The molecule has 1 aromatic carbocycles. The molecule has 160 valence electrons. The van der Waals surface area contributed by atoms with Gasteiger partial charge in [0.15, 0.2) is 16.7 Å². The summed E-state index contributed by atoms with van der Waals surface area (Å²) >= 11 is 3.45. The fourth-order valence-corrected chi connectivity index (χ4v) is 5.62. The maximum atomic E-state index is 5.77. The molecule has 7 heteroatoms. The molecule has 0 atom stereocenters. The van der Waals surface area contributed by atoms with Gasteiger partial charge in [0.25, 0.3) is 0 Å². The summed E-state index contributed by atoms with van der Waals surface area (Å²) in [7, 11) is 0. The van der Waals surface area contributed by atoms with E-state index in [1.807, 2.05) is 37.5 Å². The van der Waals surface area contributed by atoms with Gasteiger partial charge in [-0.15, -0.1) is 11.3 Å². The first-order valence-corrected chi connectivity index (χ1v) is 12.8. The molecule has 0 unspecified atom stereocenters. The SMILES string of the molecule is CCOc1ccc(CCNc2nc(SC)nc3sc4c(c23)CCCC4)cc1OCC. The first kappa shape index (κ1) is 21.2. The van der Waals surface area contributed by atoms with Crippen LogP contribution in [0.3, 0.4) is 0 Å². The van der Waals surface area contributed by atoms with Crippen molar-refractivity contribution >= 4 is 39.1 Å². The van der Waals surface area contributed by atoms with E-state index < -0.39 is 0 Å². The van der Waals surface area contributed by atoms with E-state index in [2.05, 4.69) is 17.4 Å². The van der Waals surface area contributed by atoms with Crippen molar-refractivity contribution in [3.05, 3.63) is 34.2 Å². The lowest BCUT2D eigenvalue weighted by molar-refractivity contribution is 0.287. The number of nitrogens with one attached hydrogen (secondary N) is 1. The predicted molar refractivity (Wildman–Crippen MR) is 127 cm³/mol. The molecule has 1 aliphatic rings. The highest BCUT2D eigenvalue weighted by Crippen LogP contribution is 2.39. The zero-order chi connectivity index (χ0) is 20.9. The van der Waals surface area contributed by atoms with E-state index in [1.165, 1.54) is 40.7 Å². The molecule has 4 rings (SSSR count). The van der Waals surface area contributed by atoms with E-state index in [4.69, 9.17) is 19.4 Å². The third kappa shape index (κ3) is 4.52. The van der Waals surface area contributed by atoms with Crippen molar-refractivity contribution in [2.45, 2.75) is 51.1 Å². The Hall–Kier alpha value is -1.99. The normalized spacial score (nSPS) is 13.3. The predicted octanol–water partition coefficient (Wildman–Crippen LogP) is 5.74. The molecule has 0 aliphatic heterocycles. The zero-order valence-electron chi connectivity index (χ0n) is 17.9. The average Bonchev–Trinajstić information content (AvgIpc) is 3.14. The summed E-state index contributed by atoms with van der Waals surface area (Å²) < 4.78 is 11.4. The second kappa shape index (κ2) is 9.88. The summed E-state index contributed by atoms with van der Waals surface area (Å²) in [4.78, 5) is 12.2. The summed E-state index contributed by atoms with van der Waals surface area (Å²) in [5, 5.41) is 5.69. The second-order valence-electron chi connectivity index (χ2n) is 7.27. The Balaban J connectivity index is 1.54. The van der Waals surface area contributed by atoms with Crippen LogP contribution < -0.4 is 14.8 Å². The van der Waals surface area contributed by atoms with Crippen LogP contribution in [-0.4, -0.2) is 36.0 Å². The number of benzene rings is 1. The topological polar surface area (TPSA) is 56.3 Å². The first-order chi connectivity index (χ1) is 14.7. The van der Waals surface area contributed by atoms with E-state index in [9.17, 15) is 0 Å². The van der Waals surface area contributed by atoms with Crippen LogP contribution in [0.4, 0.5) is 5.82 Å². The lowest BCUT2D eigenvalue weighted by atomic mass is 9.97. The van der Waals surface area contributed by atoms with E-state index in [0.29, 0.717) is 13.2 Å². The van der Waals surface area contributed by atoms with Gasteiger partial charge in [0.1, 0.15) is 10.6 Å². The Morgan fingerprint density at radius 2 is 1.87 bits per heavy atom. The molecule has 0 saturated heterocycles. The molecule has 0 fully saturated rings. The quantitative estimate of drug-likeness (QED) is 0.336. The summed E-state index contributed by atoms with van der Waals surface area (Å²) in [5.74, 6) is 2.61. The van der Waals surface area contributed by atoms with Gasteiger partial charge in [0, 0.05) is 11.4 Å². The summed E-state index contributed by atoms with van der Waals surface area (Å²) in [6.45, 7) is 6.05. The molecule has 0 amide bonds. The van der Waals surface area contributed by atoms with Crippen LogP contribution in [0.25, 0.3) is 10.2 Å².